The summed E-state index contributed by atoms with van der Waals surface area (Å²) in [5.74, 6) is 0.178. The highest BCUT2D eigenvalue weighted by molar-refractivity contribution is 7.99. The number of nitrogens with two attached hydrogens (primary N) is 2. The first kappa shape index (κ1) is 32.0. The van der Waals surface area contributed by atoms with E-state index in [0.29, 0.717) is 39.1 Å². The Hall–Kier alpha value is -1.04. The van der Waals surface area contributed by atoms with Crippen molar-refractivity contribution in [2.75, 3.05) is 64.8 Å². The predicted molar refractivity (Wildman–Crippen MR) is 134 cm³/mol. The van der Waals surface area contributed by atoms with Gasteiger partial charge in [-0.25, -0.2) is 9.37 Å². The third-order valence-corrected chi connectivity index (χ3v) is 5.43. The van der Waals surface area contributed by atoms with E-state index in [4.69, 9.17) is 30.4 Å². The van der Waals surface area contributed by atoms with Crippen molar-refractivity contribution in [1.29, 1.82) is 0 Å². The summed E-state index contributed by atoms with van der Waals surface area (Å²) < 4.78 is 35.4. The molecule has 3 atom stereocenters. The Labute approximate surface area is 203 Å². The van der Waals surface area contributed by atoms with Crippen LogP contribution in [0.25, 0.3) is 0 Å². The van der Waals surface area contributed by atoms with E-state index in [2.05, 4.69) is 37.0 Å². The second-order valence-electron chi connectivity index (χ2n) is 7.86. The quantitative estimate of drug-likeness (QED) is 0.422. The van der Waals surface area contributed by atoms with Crippen LogP contribution in [0, 0.1) is 0 Å². The van der Waals surface area contributed by atoms with Crippen LogP contribution in [0.5, 0.6) is 0 Å². The molecule has 0 bridgehead atoms. The number of nitrogen functional groups attached to an aromatic ring is 1. The van der Waals surface area contributed by atoms with Gasteiger partial charge in [-0.15, -0.1) is 0 Å². The van der Waals surface area contributed by atoms with Crippen molar-refractivity contribution in [1.82, 2.24) is 9.97 Å². The van der Waals surface area contributed by atoms with Crippen LogP contribution < -0.4 is 11.5 Å². The van der Waals surface area contributed by atoms with Crippen LogP contribution >= 0.6 is 11.8 Å². The van der Waals surface area contributed by atoms with Gasteiger partial charge in [-0.1, -0.05) is 20.3 Å². The summed E-state index contributed by atoms with van der Waals surface area (Å²) in [7, 11) is 0. The van der Waals surface area contributed by atoms with E-state index >= 15 is 0 Å². The Balaban J connectivity index is 0.000000701. The van der Waals surface area contributed by atoms with Crippen LogP contribution in [0.2, 0.25) is 0 Å². The van der Waals surface area contributed by atoms with Gasteiger partial charge in [-0.05, 0) is 32.9 Å². The van der Waals surface area contributed by atoms with E-state index < -0.39 is 5.67 Å². The molecule has 0 aromatic carbocycles. The fraction of sp³-hybridized carbons (Fsp3) is 0.826. The van der Waals surface area contributed by atoms with E-state index in [1.165, 1.54) is 38.6 Å². The summed E-state index contributed by atoms with van der Waals surface area (Å²) in [6.45, 7) is 11.2. The minimum atomic E-state index is -1.74. The first-order valence-corrected chi connectivity index (χ1v) is 12.9. The number of rotatable bonds is 12. The lowest BCUT2D eigenvalue weighted by molar-refractivity contribution is -0.0186. The zero-order valence-corrected chi connectivity index (χ0v) is 21.9. The minimum Gasteiger partial charge on any atom is -0.382 e. The predicted octanol–water partition coefficient (Wildman–Crippen LogP) is 3.59. The molecule has 0 aliphatic carbocycles. The topological polar surface area (TPSA) is 115 Å². The van der Waals surface area contributed by atoms with Gasteiger partial charge in [0.25, 0.3) is 0 Å². The van der Waals surface area contributed by atoms with Crippen molar-refractivity contribution in [3.05, 3.63) is 18.1 Å². The van der Waals surface area contributed by atoms with E-state index in [9.17, 15) is 4.39 Å². The third-order valence-electron chi connectivity index (χ3n) is 4.34. The van der Waals surface area contributed by atoms with Gasteiger partial charge in [-0.3, -0.25) is 4.98 Å². The fourth-order valence-electron chi connectivity index (χ4n) is 2.66. The highest BCUT2D eigenvalue weighted by Crippen LogP contribution is 2.24. The van der Waals surface area contributed by atoms with Crippen LogP contribution in [0.4, 0.5) is 10.2 Å². The van der Waals surface area contributed by atoms with Crippen LogP contribution in [-0.2, 0) is 24.6 Å². The molecule has 2 rings (SSSR count). The third kappa shape index (κ3) is 17.1. The molecule has 1 aliphatic heterocycles. The molecule has 2 heterocycles. The van der Waals surface area contributed by atoms with Gasteiger partial charge in [0.15, 0.2) is 5.67 Å². The van der Waals surface area contributed by atoms with Crippen molar-refractivity contribution in [2.24, 2.45) is 5.73 Å². The Bertz CT molecular complexity index is 587. The number of hydrogen-bond donors (Lipinski definition) is 2. The van der Waals surface area contributed by atoms with E-state index in [-0.39, 0.29) is 24.7 Å². The zero-order chi connectivity index (χ0) is 25.0. The standard InChI is InChI=1S/C13H23FN4O3.C7H14OS.C3H8/c1-13(14,11-8-17-9-12(16)18-11)10-21-7-6-20-5-4-19-3-2-15;1-6-5-7(9-2)3-4-8-6;1-3-2/h8-9H,2-7,10,15H2,1H3,(H2,16,18);6-7H,3-5H2,1-2H3;3H2,1-2H3. The van der Waals surface area contributed by atoms with Gasteiger partial charge in [0.05, 0.1) is 58.1 Å². The largest absolute Gasteiger partial charge is 0.382 e. The van der Waals surface area contributed by atoms with Crippen LogP contribution in [0.1, 0.15) is 52.7 Å². The van der Waals surface area contributed by atoms with Crippen LogP contribution in [0.3, 0.4) is 0 Å². The molecule has 1 aromatic rings. The molecule has 33 heavy (non-hydrogen) atoms. The molecule has 0 saturated carbocycles. The van der Waals surface area contributed by atoms with Gasteiger partial charge in [-0.2, -0.15) is 11.8 Å². The number of hydrogen-bond acceptors (Lipinski definition) is 9. The number of anilines is 1. The van der Waals surface area contributed by atoms with E-state index in [0.717, 1.165) is 11.9 Å². The Morgan fingerprint density at radius 3 is 2.27 bits per heavy atom. The molecule has 3 unspecified atom stereocenters. The van der Waals surface area contributed by atoms with Gasteiger partial charge in [0, 0.05) is 18.4 Å². The van der Waals surface area contributed by atoms with Crippen molar-refractivity contribution >= 4 is 17.6 Å². The van der Waals surface area contributed by atoms with Gasteiger partial charge >= 0.3 is 0 Å². The highest BCUT2D eigenvalue weighted by Gasteiger charge is 2.28. The summed E-state index contributed by atoms with van der Waals surface area (Å²) >= 11 is 1.97. The maximum absolute atomic E-state index is 14.4. The molecule has 8 nitrogen and oxygen atoms in total. The molecule has 1 fully saturated rings. The number of alkyl halides is 1. The summed E-state index contributed by atoms with van der Waals surface area (Å²) in [5.41, 5.74) is 9.16. The van der Waals surface area contributed by atoms with Crippen molar-refractivity contribution in [3.63, 3.8) is 0 Å². The molecule has 4 N–H and O–H groups in total. The average Bonchev–Trinajstić information content (AvgIpc) is 2.79. The molecular formula is C23H45FN4O4S. The SMILES string of the molecule is CC(F)(COCCOCCOCCN)c1cncc(N)n1.CCC.CSC1CCOC(C)C1. The zero-order valence-electron chi connectivity index (χ0n) is 21.1. The van der Waals surface area contributed by atoms with Gasteiger partial charge in [0.1, 0.15) is 11.5 Å². The van der Waals surface area contributed by atoms with E-state index in [1.54, 1.807) is 0 Å². The van der Waals surface area contributed by atoms with Gasteiger partial charge < -0.3 is 30.4 Å². The number of ether oxygens (including phenoxy) is 4. The van der Waals surface area contributed by atoms with Crippen molar-refractivity contribution < 1.29 is 23.3 Å². The number of thioether (sulfide) groups is 1. The molecule has 10 heteroatoms. The van der Waals surface area contributed by atoms with Crippen molar-refractivity contribution in [2.45, 2.75) is 64.0 Å². The smallest absolute Gasteiger partial charge is 0.174 e. The molecule has 1 aliphatic rings. The Morgan fingerprint density at radius 2 is 1.76 bits per heavy atom. The summed E-state index contributed by atoms with van der Waals surface area (Å²) in [5, 5.41) is 0.855. The van der Waals surface area contributed by atoms with E-state index in [1.807, 2.05) is 11.8 Å². The number of nitrogens with zero attached hydrogens (tertiary/aromatic N) is 2. The fourth-order valence-corrected chi connectivity index (χ4v) is 3.46. The highest BCUT2D eigenvalue weighted by atomic mass is 32.2. The summed E-state index contributed by atoms with van der Waals surface area (Å²) in [4.78, 5) is 7.72. The molecule has 0 spiro atoms. The van der Waals surface area contributed by atoms with Crippen molar-refractivity contribution in [3.8, 4) is 0 Å². The second kappa shape index (κ2) is 20.3. The maximum atomic E-state index is 14.4. The Morgan fingerprint density at radius 1 is 1.15 bits per heavy atom. The number of aromatic nitrogens is 2. The molecular weight excluding hydrogens is 447 g/mol. The summed E-state index contributed by atoms with van der Waals surface area (Å²) in [6, 6.07) is 0. The summed E-state index contributed by atoms with van der Waals surface area (Å²) in [6.07, 6.45) is 9.11. The molecule has 1 saturated heterocycles. The minimum absolute atomic E-state index is 0.141. The van der Waals surface area contributed by atoms with Crippen LogP contribution in [0.15, 0.2) is 12.4 Å². The first-order valence-electron chi connectivity index (χ1n) is 11.6. The molecule has 1 aromatic heterocycles. The second-order valence-corrected chi connectivity index (χ2v) is 9.00. The normalized spacial score (nSPS) is 19.5. The van der Waals surface area contributed by atoms with Gasteiger partial charge in [0.2, 0.25) is 0 Å². The lowest BCUT2D eigenvalue weighted by atomic mass is 10.1. The average molecular weight is 493 g/mol. The lowest BCUT2D eigenvalue weighted by Crippen LogP contribution is -2.26. The lowest BCUT2D eigenvalue weighted by Gasteiger charge is -2.25. The monoisotopic (exact) mass is 492 g/mol. The maximum Gasteiger partial charge on any atom is 0.174 e. The molecule has 0 amide bonds. The molecule has 0 radical (unpaired) electrons. The Kier molecular flexibility index (Phi) is 19.7. The molecule has 194 valence electrons. The number of halogens is 1. The van der Waals surface area contributed by atoms with Crippen LogP contribution in [-0.4, -0.2) is 80.4 Å². The first-order chi connectivity index (χ1) is 15.8.